The molecule has 0 amide bonds. The SMILES string of the molecule is CC(C)CNCC1(S(C)(=O)=O)CC1C. The smallest absolute Gasteiger partial charge is 0.154 e. The molecule has 1 N–H and O–H groups in total. The van der Waals surface area contributed by atoms with Crippen molar-refractivity contribution < 1.29 is 8.42 Å². The van der Waals surface area contributed by atoms with E-state index in [1.807, 2.05) is 6.92 Å². The summed E-state index contributed by atoms with van der Waals surface area (Å²) in [5, 5.41) is 3.25. The number of hydrogen-bond acceptors (Lipinski definition) is 3. The van der Waals surface area contributed by atoms with Crippen molar-refractivity contribution in [2.75, 3.05) is 19.3 Å². The second-order valence-corrected chi connectivity index (χ2v) is 7.32. The van der Waals surface area contributed by atoms with Crippen LogP contribution in [0, 0.1) is 11.8 Å². The Hall–Kier alpha value is -0.0900. The fraction of sp³-hybridized carbons (Fsp3) is 1.00. The van der Waals surface area contributed by atoms with Crippen LogP contribution in [0.15, 0.2) is 0 Å². The van der Waals surface area contributed by atoms with Gasteiger partial charge >= 0.3 is 0 Å². The molecular formula is C10H21NO2S. The molecule has 4 heteroatoms. The van der Waals surface area contributed by atoms with Gasteiger partial charge in [-0.2, -0.15) is 0 Å². The van der Waals surface area contributed by atoms with Crippen molar-refractivity contribution in [3.63, 3.8) is 0 Å². The maximum atomic E-state index is 11.6. The van der Waals surface area contributed by atoms with Gasteiger partial charge in [0.25, 0.3) is 0 Å². The molecule has 3 nitrogen and oxygen atoms in total. The van der Waals surface area contributed by atoms with Gasteiger partial charge in [-0.3, -0.25) is 0 Å². The van der Waals surface area contributed by atoms with Crippen LogP contribution in [0.1, 0.15) is 27.2 Å². The molecule has 0 heterocycles. The van der Waals surface area contributed by atoms with Crippen molar-refractivity contribution in [1.29, 1.82) is 0 Å². The summed E-state index contributed by atoms with van der Waals surface area (Å²) in [6, 6.07) is 0. The third-order valence-corrected chi connectivity index (χ3v) is 5.30. The quantitative estimate of drug-likeness (QED) is 0.752. The number of nitrogens with one attached hydrogen (secondary N) is 1. The summed E-state index contributed by atoms with van der Waals surface area (Å²) in [4.78, 5) is 0. The molecular weight excluding hydrogens is 198 g/mol. The molecule has 84 valence electrons. The highest BCUT2D eigenvalue weighted by molar-refractivity contribution is 7.92. The first kappa shape index (κ1) is 12.0. The average molecular weight is 219 g/mol. The van der Waals surface area contributed by atoms with Gasteiger partial charge in [-0.1, -0.05) is 20.8 Å². The number of hydrogen-bond donors (Lipinski definition) is 1. The Morgan fingerprint density at radius 1 is 1.50 bits per heavy atom. The second kappa shape index (κ2) is 3.81. The molecule has 1 aliphatic rings. The van der Waals surface area contributed by atoms with E-state index in [-0.39, 0.29) is 0 Å². The molecule has 0 aliphatic heterocycles. The van der Waals surface area contributed by atoms with E-state index in [2.05, 4.69) is 19.2 Å². The molecule has 0 aromatic rings. The van der Waals surface area contributed by atoms with E-state index < -0.39 is 14.6 Å². The zero-order valence-electron chi connectivity index (χ0n) is 9.50. The fourth-order valence-electron chi connectivity index (χ4n) is 1.93. The Morgan fingerprint density at radius 2 is 2.00 bits per heavy atom. The highest BCUT2D eigenvalue weighted by Crippen LogP contribution is 2.48. The van der Waals surface area contributed by atoms with Crippen LogP contribution in [0.2, 0.25) is 0 Å². The van der Waals surface area contributed by atoms with Gasteiger partial charge in [-0.15, -0.1) is 0 Å². The summed E-state index contributed by atoms with van der Waals surface area (Å²) in [7, 11) is -2.90. The Labute approximate surface area is 87.2 Å². The zero-order valence-corrected chi connectivity index (χ0v) is 10.3. The number of rotatable bonds is 5. The monoisotopic (exact) mass is 219 g/mol. The van der Waals surface area contributed by atoms with E-state index in [1.165, 1.54) is 6.26 Å². The summed E-state index contributed by atoms with van der Waals surface area (Å²) in [5.41, 5.74) is 0. The van der Waals surface area contributed by atoms with Crippen molar-refractivity contribution in [3.05, 3.63) is 0 Å². The zero-order chi connectivity index (χ0) is 11.0. The van der Waals surface area contributed by atoms with E-state index in [4.69, 9.17) is 0 Å². The lowest BCUT2D eigenvalue weighted by Crippen LogP contribution is -2.37. The van der Waals surface area contributed by atoms with Crippen molar-refractivity contribution in [1.82, 2.24) is 5.32 Å². The van der Waals surface area contributed by atoms with Gasteiger partial charge in [0.2, 0.25) is 0 Å². The fourth-order valence-corrected chi connectivity index (χ4v) is 3.57. The molecule has 0 spiro atoms. The molecule has 14 heavy (non-hydrogen) atoms. The van der Waals surface area contributed by atoms with Crippen molar-refractivity contribution >= 4 is 9.84 Å². The van der Waals surface area contributed by atoms with E-state index in [9.17, 15) is 8.42 Å². The third-order valence-electron chi connectivity index (χ3n) is 3.10. The summed E-state index contributed by atoms with van der Waals surface area (Å²) in [6.07, 6.45) is 2.17. The van der Waals surface area contributed by atoms with Crippen molar-refractivity contribution in [2.45, 2.75) is 31.9 Å². The lowest BCUT2D eigenvalue weighted by Gasteiger charge is -2.16. The molecule has 2 atom stereocenters. The van der Waals surface area contributed by atoms with Crippen LogP contribution >= 0.6 is 0 Å². The molecule has 1 saturated carbocycles. The lowest BCUT2D eigenvalue weighted by atomic mass is 10.2. The molecule has 0 bridgehead atoms. The summed E-state index contributed by atoms with van der Waals surface area (Å²) in [6.45, 7) is 7.76. The summed E-state index contributed by atoms with van der Waals surface area (Å²) < 4.78 is 22.7. The van der Waals surface area contributed by atoms with E-state index >= 15 is 0 Å². The van der Waals surface area contributed by atoms with Crippen molar-refractivity contribution in [2.24, 2.45) is 11.8 Å². The average Bonchev–Trinajstić information content (AvgIpc) is 2.60. The summed E-state index contributed by atoms with van der Waals surface area (Å²) in [5.74, 6) is 0.887. The minimum absolute atomic E-state index is 0.317. The van der Waals surface area contributed by atoms with E-state index in [0.29, 0.717) is 18.4 Å². The summed E-state index contributed by atoms with van der Waals surface area (Å²) >= 11 is 0. The van der Waals surface area contributed by atoms with E-state index in [1.54, 1.807) is 0 Å². The minimum atomic E-state index is -2.90. The van der Waals surface area contributed by atoms with Crippen LogP contribution in [0.25, 0.3) is 0 Å². The van der Waals surface area contributed by atoms with Crippen molar-refractivity contribution in [3.8, 4) is 0 Å². The largest absolute Gasteiger partial charge is 0.315 e. The highest BCUT2D eigenvalue weighted by atomic mass is 32.2. The molecule has 0 radical (unpaired) electrons. The highest BCUT2D eigenvalue weighted by Gasteiger charge is 2.58. The molecule has 0 aromatic carbocycles. The molecule has 1 rings (SSSR count). The molecule has 1 aliphatic carbocycles. The third kappa shape index (κ3) is 2.28. The maximum Gasteiger partial charge on any atom is 0.154 e. The van der Waals surface area contributed by atoms with Crippen LogP contribution in [-0.2, 0) is 9.84 Å². The number of sulfone groups is 1. The second-order valence-electron chi connectivity index (χ2n) is 4.97. The Bertz CT molecular complexity index is 297. The van der Waals surface area contributed by atoms with Gasteiger partial charge in [0.05, 0.1) is 4.75 Å². The molecule has 0 saturated heterocycles. The Balaban J connectivity index is 2.50. The van der Waals surface area contributed by atoms with Gasteiger partial charge in [0, 0.05) is 12.8 Å². The van der Waals surface area contributed by atoms with Gasteiger partial charge in [0.15, 0.2) is 9.84 Å². The van der Waals surface area contributed by atoms with Gasteiger partial charge in [-0.05, 0) is 24.8 Å². The Morgan fingerprint density at radius 3 is 2.29 bits per heavy atom. The van der Waals surface area contributed by atoms with Crippen LogP contribution in [0.3, 0.4) is 0 Å². The molecule has 2 unspecified atom stereocenters. The normalized spacial score (nSPS) is 32.2. The molecule has 1 fully saturated rings. The predicted octanol–water partition coefficient (Wildman–Crippen LogP) is 1.06. The van der Waals surface area contributed by atoms with Crippen LogP contribution in [0.4, 0.5) is 0 Å². The topological polar surface area (TPSA) is 46.2 Å². The first-order chi connectivity index (χ1) is 6.29. The van der Waals surface area contributed by atoms with Gasteiger partial charge in [-0.25, -0.2) is 8.42 Å². The first-order valence-corrected chi connectivity index (χ1v) is 7.09. The van der Waals surface area contributed by atoms with Crippen LogP contribution in [0.5, 0.6) is 0 Å². The van der Waals surface area contributed by atoms with Gasteiger partial charge in [0.1, 0.15) is 0 Å². The first-order valence-electron chi connectivity index (χ1n) is 5.20. The lowest BCUT2D eigenvalue weighted by molar-refractivity contribution is 0.517. The Kier molecular flexibility index (Phi) is 3.26. The maximum absolute atomic E-state index is 11.6. The minimum Gasteiger partial charge on any atom is -0.315 e. The van der Waals surface area contributed by atoms with Gasteiger partial charge < -0.3 is 5.32 Å². The van der Waals surface area contributed by atoms with Crippen LogP contribution < -0.4 is 5.32 Å². The van der Waals surface area contributed by atoms with Crippen LogP contribution in [-0.4, -0.2) is 32.5 Å². The predicted molar refractivity (Wildman–Crippen MR) is 59.1 cm³/mol. The standard InChI is InChI=1S/C10H21NO2S/c1-8(2)6-11-7-10(5-9(10)3)14(4,12)13/h8-9,11H,5-7H2,1-4H3. The van der Waals surface area contributed by atoms with E-state index in [0.717, 1.165) is 13.0 Å². The molecule has 0 aromatic heterocycles.